The lowest BCUT2D eigenvalue weighted by molar-refractivity contribution is -0.0732. The molecular weight excluding hydrogens is 252 g/mol. The summed E-state index contributed by atoms with van der Waals surface area (Å²) in [5.74, 6) is 0.757. The van der Waals surface area contributed by atoms with E-state index in [1.807, 2.05) is 6.07 Å². The Kier molecular flexibility index (Phi) is 5.38. The average Bonchev–Trinajstić information content (AvgIpc) is 2.38. The standard InChI is InChI=1S/C16H26N2O2/c1-5-17-13(4)15-7-6-8-18-16(15)20-14-9-11(2)19-12(3)10-14/h6-8,11-14,17H,5,9-10H2,1-4H3. The van der Waals surface area contributed by atoms with Gasteiger partial charge in [-0.2, -0.15) is 0 Å². The van der Waals surface area contributed by atoms with Gasteiger partial charge in [0.1, 0.15) is 6.10 Å². The molecule has 0 spiro atoms. The van der Waals surface area contributed by atoms with E-state index in [0.717, 1.165) is 30.8 Å². The van der Waals surface area contributed by atoms with E-state index in [4.69, 9.17) is 9.47 Å². The summed E-state index contributed by atoms with van der Waals surface area (Å²) in [5.41, 5.74) is 1.13. The van der Waals surface area contributed by atoms with Crippen LogP contribution in [-0.2, 0) is 4.74 Å². The number of hydrogen-bond acceptors (Lipinski definition) is 4. The molecule has 112 valence electrons. The van der Waals surface area contributed by atoms with Gasteiger partial charge in [0, 0.05) is 30.6 Å². The van der Waals surface area contributed by atoms with E-state index in [1.165, 1.54) is 0 Å². The summed E-state index contributed by atoms with van der Waals surface area (Å²) in [6.07, 6.45) is 4.34. The van der Waals surface area contributed by atoms with E-state index in [9.17, 15) is 0 Å². The van der Waals surface area contributed by atoms with Gasteiger partial charge in [-0.25, -0.2) is 4.98 Å². The second-order valence-electron chi connectivity index (χ2n) is 5.65. The molecule has 3 unspecified atom stereocenters. The van der Waals surface area contributed by atoms with Gasteiger partial charge in [-0.3, -0.25) is 0 Å². The van der Waals surface area contributed by atoms with Gasteiger partial charge >= 0.3 is 0 Å². The molecule has 20 heavy (non-hydrogen) atoms. The fraction of sp³-hybridized carbons (Fsp3) is 0.688. The van der Waals surface area contributed by atoms with Gasteiger partial charge in [0.25, 0.3) is 0 Å². The van der Waals surface area contributed by atoms with Crippen molar-refractivity contribution in [1.82, 2.24) is 10.3 Å². The first kappa shape index (κ1) is 15.3. The molecule has 0 bridgehead atoms. The molecule has 1 saturated heterocycles. The van der Waals surface area contributed by atoms with Crippen LogP contribution in [0.2, 0.25) is 0 Å². The van der Waals surface area contributed by atoms with Crippen LogP contribution in [0.3, 0.4) is 0 Å². The monoisotopic (exact) mass is 278 g/mol. The molecular formula is C16H26N2O2. The lowest BCUT2D eigenvalue weighted by Gasteiger charge is -2.32. The Labute approximate surface area is 121 Å². The summed E-state index contributed by atoms with van der Waals surface area (Å²) in [7, 11) is 0. The first-order valence-corrected chi connectivity index (χ1v) is 7.60. The highest BCUT2D eigenvalue weighted by atomic mass is 16.5. The molecule has 4 heteroatoms. The summed E-state index contributed by atoms with van der Waals surface area (Å²) < 4.78 is 11.9. The van der Waals surface area contributed by atoms with Crippen LogP contribution < -0.4 is 10.1 Å². The highest BCUT2D eigenvalue weighted by Gasteiger charge is 2.27. The van der Waals surface area contributed by atoms with E-state index < -0.39 is 0 Å². The predicted molar refractivity (Wildman–Crippen MR) is 80.0 cm³/mol. The van der Waals surface area contributed by atoms with Crippen molar-refractivity contribution in [3.63, 3.8) is 0 Å². The van der Waals surface area contributed by atoms with Crippen LogP contribution in [0.1, 0.15) is 52.1 Å². The zero-order valence-corrected chi connectivity index (χ0v) is 12.9. The van der Waals surface area contributed by atoms with Gasteiger partial charge in [-0.1, -0.05) is 13.0 Å². The lowest BCUT2D eigenvalue weighted by Crippen LogP contribution is -2.36. The van der Waals surface area contributed by atoms with Gasteiger partial charge in [-0.05, 0) is 33.4 Å². The smallest absolute Gasteiger partial charge is 0.218 e. The topological polar surface area (TPSA) is 43.4 Å². The van der Waals surface area contributed by atoms with Crippen LogP contribution in [0.25, 0.3) is 0 Å². The van der Waals surface area contributed by atoms with Gasteiger partial charge < -0.3 is 14.8 Å². The van der Waals surface area contributed by atoms with Gasteiger partial charge in [0.2, 0.25) is 5.88 Å². The maximum Gasteiger partial charge on any atom is 0.218 e. The van der Waals surface area contributed by atoms with Gasteiger partial charge in [0.15, 0.2) is 0 Å². The maximum absolute atomic E-state index is 6.16. The molecule has 4 nitrogen and oxygen atoms in total. The normalized spacial score (nSPS) is 28.1. The number of aromatic nitrogens is 1. The summed E-state index contributed by atoms with van der Waals surface area (Å²) in [6, 6.07) is 4.30. The Morgan fingerprint density at radius 3 is 2.75 bits per heavy atom. The summed E-state index contributed by atoms with van der Waals surface area (Å²) >= 11 is 0. The molecule has 0 aliphatic carbocycles. The molecule has 2 rings (SSSR count). The van der Waals surface area contributed by atoms with Crippen molar-refractivity contribution in [2.45, 2.75) is 64.9 Å². The number of ether oxygens (including phenoxy) is 2. The molecule has 1 aliphatic heterocycles. The van der Waals surface area contributed by atoms with E-state index >= 15 is 0 Å². The average molecular weight is 278 g/mol. The first-order valence-electron chi connectivity index (χ1n) is 7.60. The van der Waals surface area contributed by atoms with Crippen LogP contribution in [0.4, 0.5) is 0 Å². The summed E-state index contributed by atoms with van der Waals surface area (Å²) in [5, 5.41) is 3.41. The second kappa shape index (κ2) is 7.04. The Bertz CT molecular complexity index is 415. The predicted octanol–water partition coefficient (Wildman–Crippen LogP) is 3.09. The van der Waals surface area contributed by atoms with E-state index in [-0.39, 0.29) is 24.4 Å². The molecule has 3 atom stereocenters. The summed E-state index contributed by atoms with van der Waals surface area (Å²) in [6.45, 7) is 9.39. The van der Waals surface area contributed by atoms with Crippen molar-refractivity contribution < 1.29 is 9.47 Å². The Morgan fingerprint density at radius 2 is 2.10 bits per heavy atom. The minimum absolute atomic E-state index is 0.191. The molecule has 1 aliphatic rings. The third kappa shape index (κ3) is 3.93. The fourth-order valence-corrected chi connectivity index (χ4v) is 2.85. The van der Waals surface area contributed by atoms with Gasteiger partial charge in [-0.15, -0.1) is 0 Å². The molecule has 0 aromatic carbocycles. The van der Waals surface area contributed by atoms with Crippen LogP contribution in [0.5, 0.6) is 5.88 Å². The molecule has 0 amide bonds. The second-order valence-corrected chi connectivity index (χ2v) is 5.65. The molecule has 1 fully saturated rings. The number of nitrogens with one attached hydrogen (secondary N) is 1. The van der Waals surface area contributed by atoms with Crippen molar-refractivity contribution in [3.8, 4) is 5.88 Å². The number of rotatable bonds is 5. The highest BCUT2D eigenvalue weighted by Crippen LogP contribution is 2.27. The Balaban J connectivity index is 2.08. The van der Waals surface area contributed by atoms with Crippen molar-refractivity contribution in [3.05, 3.63) is 23.9 Å². The minimum Gasteiger partial charge on any atom is -0.474 e. The molecule has 1 aromatic heterocycles. The van der Waals surface area contributed by atoms with Crippen molar-refractivity contribution in [2.75, 3.05) is 6.54 Å². The third-order valence-electron chi connectivity index (χ3n) is 3.71. The van der Waals surface area contributed by atoms with Crippen molar-refractivity contribution in [2.24, 2.45) is 0 Å². The van der Waals surface area contributed by atoms with Crippen LogP contribution in [0.15, 0.2) is 18.3 Å². The number of nitrogens with zero attached hydrogens (tertiary/aromatic N) is 1. The fourth-order valence-electron chi connectivity index (χ4n) is 2.85. The Morgan fingerprint density at radius 1 is 1.40 bits per heavy atom. The number of pyridine rings is 1. The van der Waals surface area contributed by atoms with Crippen molar-refractivity contribution in [1.29, 1.82) is 0 Å². The van der Waals surface area contributed by atoms with E-state index in [0.29, 0.717) is 0 Å². The molecule has 1 aromatic rings. The van der Waals surface area contributed by atoms with E-state index in [1.54, 1.807) is 6.20 Å². The zero-order valence-electron chi connectivity index (χ0n) is 12.9. The maximum atomic E-state index is 6.16. The van der Waals surface area contributed by atoms with Gasteiger partial charge in [0.05, 0.1) is 12.2 Å². The van der Waals surface area contributed by atoms with Crippen molar-refractivity contribution >= 4 is 0 Å². The van der Waals surface area contributed by atoms with Crippen LogP contribution in [0, 0.1) is 0 Å². The third-order valence-corrected chi connectivity index (χ3v) is 3.71. The molecule has 0 radical (unpaired) electrons. The van der Waals surface area contributed by atoms with E-state index in [2.05, 4.69) is 44.1 Å². The zero-order chi connectivity index (χ0) is 14.5. The lowest BCUT2D eigenvalue weighted by atomic mass is 10.0. The summed E-state index contributed by atoms with van der Waals surface area (Å²) in [4.78, 5) is 4.42. The largest absolute Gasteiger partial charge is 0.474 e. The van der Waals surface area contributed by atoms with Crippen LogP contribution >= 0.6 is 0 Å². The van der Waals surface area contributed by atoms with Crippen LogP contribution in [-0.4, -0.2) is 29.8 Å². The Hall–Kier alpha value is -1.13. The first-order chi connectivity index (χ1) is 9.60. The molecule has 2 heterocycles. The molecule has 1 N–H and O–H groups in total. The minimum atomic E-state index is 0.191. The quantitative estimate of drug-likeness (QED) is 0.899. The molecule has 0 saturated carbocycles. The SMILES string of the molecule is CCNC(C)c1cccnc1OC1CC(C)OC(C)C1. The number of hydrogen-bond donors (Lipinski definition) is 1. The highest BCUT2D eigenvalue weighted by molar-refractivity contribution is 5.28.